The number of pyridine rings is 2. The van der Waals surface area contributed by atoms with Crippen LogP contribution in [0.5, 0.6) is 5.88 Å². The van der Waals surface area contributed by atoms with Gasteiger partial charge < -0.3 is 25.8 Å². The van der Waals surface area contributed by atoms with Crippen LogP contribution in [0.1, 0.15) is 36.0 Å². The van der Waals surface area contributed by atoms with Crippen molar-refractivity contribution in [3.63, 3.8) is 0 Å². The number of hydrogen-bond acceptors (Lipinski definition) is 7. The summed E-state index contributed by atoms with van der Waals surface area (Å²) in [6, 6.07) is 3.89. The van der Waals surface area contributed by atoms with Crippen molar-refractivity contribution in [3.8, 4) is 5.88 Å². The molecule has 8 nitrogen and oxygen atoms in total. The van der Waals surface area contributed by atoms with Crippen molar-refractivity contribution >= 4 is 22.6 Å². The van der Waals surface area contributed by atoms with E-state index < -0.39 is 5.91 Å². The maximum Gasteiger partial charge on any atom is 0.250 e. The zero-order valence-electron chi connectivity index (χ0n) is 15.3. The normalized spacial score (nSPS) is 23.4. The fourth-order valence-corrected chi connectivity index (χ4v) is 3.62. The predicted octanol–water partition coefficient (Wildman–Crippen LogP) is 1.21. The molecule has 1 saturated carbocycles. The second-order valence-electron chi connectivity index (χ2n) is 7.19. The number of nitrogens with two attached hydrogens (primary N) is 2. The van der Waals surface area contributed by atoms with E-state index in [0.29, 0.717) is 30.0 Å². The van der Waals surface area contributed by atoms with Gasteiger partial charge in [-0.3, -0.25) is 9.78 Å². The van der Waals surface area contributed by atoms with E-state index in [1.54, 1.807) is 6.07 Å². The third-order valence-electron chi connectivity index (χ3n) is 5.25. The Morgan fingerprint density at radius 2 is 1.93 bits per heavy atom. The molecule has 0 bridgehead atoms. The van der Waals surface area contributed by atoms with Crippen LogP contribution in [0.4, 0.5) is 5.82 Å². The predicted molar refractivity (Wildman–Crippen MR) is 102 cm³/mol. The highest BCUT2D eigenvalue weighted by molar-refractivity contribution is 5.97. The molecule has 8 heteroatoms. The molecular weight excluding hydrogens is 346 g/mol. The van der Waals surface area contributed by atoms with Gasteiger partial charge in [-0.2, -0.15) is 4.98 Å². The van der Waals surface area contributed by atoms with Crippen LogP contribution < -0.4 is 21.1 Å². The van der Waals surface area contributed by atoms with Gasteiger partial charge >= 0.3 is 0 Å². The van der Waals surface area contributed by atoms with Crippen LogP contribution in [0.3, 0.4) is 0 Å². The number of amides is 1. The van der Waals surface area contributed by atoms with Gasteiger partial charge in [-0.1, -0.05) is 0 Å². The number of hydrogen-bond donors (Lipinski definition) is 2. The summed E-state index contributed by atoms with van der Waals surface area (Å²) in [7, 11) is 0. The monoisotopic (exact) mass is 371 g/mol. The summed E-state index contributed by atoms with van der Waals surface area (Å²) in [5.41, 5.74) is 12.5. The van der Waals surface area contributed by atoms with Gasteiger partial charge in [0, 0.05) is 31.4 Å². The van der Waals surface area contributed by atoms with E-state index in [1.165, 1.54) is 6.20 Å². The fraction of sp³-hybridized carbons (Fsp3) is 0.526. The summed E-state index contributed by atoms with van der Waals surface area (Å²) < 4.78 is 11.7. The van der Waals surface area contributed by atoms with Gasteiger partial charge in [-0.25, -0.2) is 0 Å². The highest BCUT2D eigenvalue weighted by atomic mass is 16.5. The first-order valence-corrected chi connectivity index (χ1v) is 9.45. The van der Waals surface area contributed by atoms with Crippen molar-refractivity contribution in [1.82, 2.24) is 9.97 Å². The van der Waals surface area contributed by atoms with Crippen molar-refractivity contribution in [2.75, 3.05) is 31.2 Å². The summed E-state index contributed by atoms with van der Waals surface area (Å²) in [5, 5.41) is 0.707. The van der Waals surface area contributed by atoms with Gasteiger partial charge in [-0.05, 0) is 31.7 Å². The SMILES string of the molecule is NC(=O)c1cnc2cc(N3CCOCC3)nc(O[C@H]3CC[C@@H](N)CC3)c2c1. The molecule has 2 aromatic rings. The van der Waals surface area contributed by atoms with Crippen molar-refractivity contribution in [1.29, 1.82) is 0 Å². The van der Waals surface area contributed by atoms with Crippen LogP contribution in [0, 0.1) is 0 Å². The van der Waals surface area contributed by atoms with Gasteiger partial charge in [-0.15, -0.1) is 0 Å². The zero-order chi connectivity index (χ0) is 18.8. The summed E-state index contributed by atoms with van der Waals surface area (Å²) in [6.07, 6.45) is 5.24. The van der Waals surface area contributed by atoms with E-state index in [9.17, 15) is 4.79 Å². The molecule has 0 spiro atoms. The molecule has 144 valence electrons. The van der Waals surface area contributed by atoms with Crippen molar-refractivity contribution in [2.24, 2.45) is 11.5 Å². The van der Waals surface area contributed by atoms with Crippen LogP contribution >= 0.6 is 0 Å². The largest absolute Gasteiger partial charge is 0.474 e. The minimum Gasteiger partial charge on any atom is -0.474 e. The van der Waals surface area contributed by atoms with Gasteiger partial charge in [0.25, 0.3) is 0 Å². The van der Waals surface area contributed by atoms with Gasteiger partial charge in [0.2, 0.25) is 11.8 Å². The standard InChI is InChI=1S/C19H25N5O3/c20-13-1-3-14(4-2-13)27-19-15-9-12(18(21)25)11-22-16(15)10-17(23-19)24-5-7-26-8-6-24/h9-11,13-14H,1-8,20H2,(H2,21,25)/t13-,14+. The Morgan fingerprint density at radius 3 is 2.63 bits per heavy atom. The lowest BCUT2D eigenvalue weighted by Gasteiger charge is -2.30. The van der Waals surface area contributed by atoms with E-state index in [-0.39, 0.29) is 12.1 Å². The number of carbonyl (C=O) groups is 1. The summed E-state index contributed by atoms with van der Waals surface area (Å²) in [5.74, 6) is 0.800. The number of rotatable bonds is 4. The molecule has 0 unspecified atom stereocenters. The van der Waals surface area contributed by atoms with E-state index in [1.807, 2.05) is 6.07 Å². The maximum atomic E-state index is 11.6. The van der Waals surface area contributed by atoms with E-state index in [0.717, 1.165) is 50.1 Å². The Kier molecular flexibility index (Phi) is 5.09. The Labute approximate surface area is 157 Å². The number of carbonyl (C=O) groups excluding carboxylic acids is 1. The molecule has 0 radical (unpaired) electrons. The Hall–Kier alpha value is -2.45. The first-order valence-electron chi connectivity index (χ1n) is 9.45. The van der Waals surface area contributed by atoms with Gasteiger partial charge in [0.1, 0.15) is 11.9 Å². The van der Waals surface area contributed by atoms with Gasteiger partial charge in [0.05, 0.1) is 29.7 Å². The Bertz CT molecular complexity index is 829. The second-order valence-corrected chi connectivity index (χ2v) is 7.19. The zero-order valence-corrected chi connectivity index (χ0v) is 15.3. The lowest BCUT2D eigenvalue weighted by molar-refractivity contribution is 0.1000. The minimum absolute atomic E-state index is 0.0673. The summed E-state index contributed by atoms with van der Waals surface area (Å²) in [6.45, 7) is 2.89. The first kappa shape index (κ1) is 17.9. The van der Waals surface area contributed by atoms with Crippen LogP contribution in [-0.4, -0.2) is 54.3 Å². The lowest BCUT2D eigenvalue weighted by atomic mass is 9.94. The molecule has 2 aliphatic rings. The van der Waals surface area contributed by atoms with Crippen molar-refractivity contribution < 1.29 is 14.3 Å². The van der Waals surface area contributed by atoms with E-state index in [2.05, 4.69) is 9.88 Å². The molecular formula is C19H25N5O3. The smallest absolute Gasteiger partial charge is 0.250 e. The molecule has 27 heavy (non-hydrogen) atoms. The number of morpholine rings is 1. The van der Waals surface area contributed by atoms with E-state index in [4.69, 9.17) is 25.9 Å². The van der Waals surface area contributed by atoms with E-state index >= 15 is 0 Å². The van der Waals surface area contributed by atoms with Crippen LogP contribution in [0.2, 0.25) is 0 Å². The minimum atomic E-state index is -0.517. The first-order chi connectivity index (χ1) is 13.1. The number of aromatic nitrogens is 2. The summed E-state index contributed by atoms with van der Waals surface area (Å²) >= 11 is 0. The Balaban J connectivity index is 1.71. The maximum absolute atomic E-state index is 11.6. The quantitative estimate of drug-likeness (QED) is 0.830. The van der Waals surface area contributed by atoms with Crippen LogP contribution in [-0.2, 0) is 4.74 Å². The van der Waals surface area contributed by atoms with Gasteiger partial charge in [0.15, 0.2) is 0 Å². The van der Waals surface area contributed by atoms with Crippen LogP contribution in [0.25, 0.3) is 10.9 Å². The number of nitrogens with zero attached hydrogens (tertiary/aromatic N) is 3. The molecule has 1 aliphatic carbocycles. The topological polar surface area (TPSA) is 117 Å². The molecule has 1 amide bonds. The number of ether oxygens (including phenoxy) is 2. The van der Waals surface area contributed by atoms with Crippen LogP contribution in [0.15, 0.2) is 18.3 Å². The summed E-state index contributed by atoms with van der Waals surface area (Å²) in [4.78, 5) is 22.9. The molecule has 3 heterocycles. The average Bonchev–Trinajstić information content (AvgIpc) is 2.70. The number of primary amides is 1. The molecule has 2 fully saturated rings. The third kappa shape index (κ3) is 3.96. The molecule has 4 N–H and O–H groups in total. The fourth-order valence-electron chi connectivity index (χ4n) is 3.62. The average molecular weight is 371 g/mol. The molecule has 2 aromatic heterocycles. The molecule has 0 aromatic carbocycles. The molecule has 0 atom stereocenters. The van der Waals surface area contributed by atoms with Crippen molar-refractivity contribution in [3.05, 3.63) is 23.9 Å². The Morgan fingerprint density at radius 1 is 1.19 bits per heavy atom. The highest BCUT2D eigenvalue weighted by Crippen LogP contribution is 2.31. The second kappa shape index (κ2) is 7.66. The molecule has 4 rings (SSSR count). The lowest BCUT2D eigenvalue weighted by Crippen LogP contribution is -2.37. The number of anilines is 1. The number of fused-ring (bicyclic) bond motifs is 1. The third-order valence-corrected chi connectivity index (χ3v) is 5.25. The van der Waals surface area contributed by atoms with Crippen molar-refractivity contribution in [2.45, 2.75) is 37.8 Å². The highest BCUT2D eigenvalue weighted by Gasteiger charge is 2.23. The molecule has 1 aliphatic heterocycles. The molecule has 1 saturated heterocycles.